The second-order valence-electron chi connectivity index (χ2n) is 6.48. The van der Waals surface area contributed by atoms with Crippen molar-refractivity contribution in [3.8, 4) is 5.69 Å². The van der Waals surface area contributed by atoms with Crippen molar-refractivity contribution in [3.63, 3.8) is 0 Å². The number of rotatable bonds is 4. The van der Waals surface area contributed by atoms with Gasteiger partial charge in [-0.2, -0.15) is 0 Å². The Bertz CT molecular complexity index is 1150. The predicted octanol–water partition coefficient (Wildman–Crippen LogP) is 3.69. The Labute approximate surface area is 164 Å². The van der Waals surface area contributed by atoms with Crippen molar-refractivity contribution >= 4 is 23.2 Å². The second kappa shape index (κ2) is 7.82. The molecule has 6 nitrogen and oxygen atoms in total. The summed E-state index contributed by atoms with van der Waals surface area (Å²) in [4.78, 5) is 39.7. The lowest BCUT2D eigenvalue weighted by Gasteiger charge is -2.10. The van der Waals surface area contributed by atoms with Gasteiger partial charge in [0.1, 0.15) is 11.4 Å². The van der Waals surface area contributed by atoms with E-state index in [0.29, 0.717) is 11.6 Å². The van der Waals surface area contributed by atoms with E-state index in [1.807, 2.05) is 12.1 Å². The van der Waals surface area contributed by atoms with Gasteiger partial charge in [-0.3, -0.25) is 9.59 Å². The summed E-state index contributed by atoms with van der Waals surface area (Å²) in [7, 11) is 0. The molecule has 0 saturated carbocycles. The first-order chi connectivity index (χ1) is 13.3. The third-order valence-corrected chi connectivity index (χ3v) is 4.51. The number of carbonyl (C=O) groups excluding carboxylic acids is 1. The van der Waals surface area contributed by atoms with Crippen LogP contribution >= 0.6 is 11.6 Å². The molecule has 1 aromatic heterocycles. The average Bonchev–Trinajstić information content (AvgIpc) is 2.65. The summed E-state index contributed by atoms with van der Waals surface area (Å²) >= 11 is 5.73. The molecule has 3 rings (SSSR count). The van der Waals surface area contributed by atoms with E-state index < -0.39 is 23.0 Å². The number of anilines is 1. The van der Waals surface area contributed by atoms with Gasteiger partial charge in [-0.25, -0.2) is 13.8 Å². The summed E-state index contributed by atoms with van der Waals surface area (Å²) in [6.07, 6.45) is 1.05. The van der Waals surface area contributed by atoms with Crippen LogP contribution in [-0.2, 0) is 0 Å². The number of carbonyl (C=O) groups is 1. The number of nitrogens with one attached hydrogen (secondary N) is 2. The van der Waals surface area contributed by atoms with Crippen molar-refractivity contribution in [2.45, 2.75) is 19.8 Å². The number of H-pyrrole nitrogens is 1. The second-order valence-corrected chi connectivity index (χ2v) is 6.88. The minimum Gasteiger partial charge on any atom is -0.322 e. The lowest BCUT2D eigenvalue weighted by atomic mass is 10.0. The zero-order chi connectivity index (χ0) is 20.4. The third kappa shape index (κ3) is 3.89. The van der Waals surface area contributed by atoms with Gasteiger partial charge in [-0.1, -0.05) is 37.6 Å². The quantitative estimate of drug-likeness (QED) is 0.699. The Morgan fingerprint density at radius 1 is 1.14 bits per heavy atom. The van der Waals surface area contributed by atoms with Crippen LogP contribution in [-0.4, -0.2) is 15.5 Å². The zero-order valence-electron chi connectivity index (χ0n) is 15.1. The van der Waals surface area contributed by atoms with Crippen LogP contribution in [0.15, 0.2) is 58.3 Å². The maximum absolute atomic E-state index is 13.4. The summed E-state index contributed by atoms with van der Waals surface area (Å²) in [6.45, 7) is 4.11. The molecule has 0 bridgehead atoms. The highest BCUT2D eigenvalue weighted by Crippen LogP contribution is 2.18. The summed E-state index contributed by atoms with van der Waals surface area (Å²) in [5, 5.41) is 2.38. The van der Waals surface area contributed by atoms with Crippen LogP contribution in [0.2, 0.25) is 5.02 Å². The Morgan fingerprint density at radius 2 is 1.82 bits per heavy atom. The number of aromatic amines is 1. The SMILES string of the molecule is CC(C)c1ccc(NC(=O)c2c[nH]c(=O)n(-c3ccc(F)c(Cl)c3)c2=O)cc1. The Morgan fingerprint density at radius 3 is 2.43 bits per heavy atom. The molecule has 144 valence electrons. The molecule has 2 N–H and O–H groups in total. The number of benzene rings is 2. The molecular weight excluding hydrogens is 385 g/mol. The van der Waals surface area contributed by atoms with Crippen molar-refractivity contribution in [2.75, 3.05) is 5.32 Å². The molecule has 8 heteroatoms. The first-order valence-electron chi connectivity index (χ1n) is 8.49. The first-order valence-corrected chi connectivity index (χ1v) is 8.87. The van der Waals surface area contributed by atoms with Crippen LogP contribution in [0.25, 0.3) is 5.69 Å². The van der Waals surface area contributed by atoms with Crippen molar-refractivity contribution in [2.24, 2.45) is 0 Å². The molecule has 0 fully saturated rings. The number of hydrogen-bond donors (Lipinski definition) is 2. The molecule has 0 aliphatic heterocycles. The average molecular weight is 402 g/mol. The number of aromatic nitrogens is 2. The largest absolute Gasteiger partial charge is 0.333 e. The molecule has 0 aliphatic carbocycles. The molecule has 0 unspecified atom stereocenters. The lowest BCUT2D eigenvalue weighted by molar-refractivity contribution is 0.102. The monoisotopic (exact) mass is 401 g/mol. The lowest BCUT2D eigenvalue weighted by Crippen LogP contribution is -2.38. The molecule has 1 heterocycles. The fourth-order valence-electron chi connectivity index (χ4n) is 2.64. The van der Waals surface area contributed by atoms with E-state index in [-0.39, 0.29) is 16.3 Å². The van der Waals surface area contributed by atoms with Gasteiger partial charge in [0.2, 0.25) is 0 Å². The van der Waals surface area contributed by atoms with Crippen molar-refractivity contribution in [1.29, 1.82) is 0 Å². The van der Waals surface area contributed by atoms with Gasteiger partial charge < -0.3 is 10.3 Å². The Balaban J connectivity index is 1.96. The predicted molar refractivity (Wildman–Crippen MR) is 106 cm³/mol. The number of amides is 1. The Hall–Kier alpha value is -3.19. The molecule has 0 aliphatic rings. The molecule has 0 saturated heterocycles. The highest BCUT2D eigenvalue weighted by atomic mass is 35.5. The van der Waals surface area contributed by atoms with E-state index in [1.54, 1.807) is 12.1 Å². The normalized spacial score (nSPS) is 10.9. The summed E-state index contributed by atoms with van der Waals surface area (Å²) in [6, 6.07) is 10.6. The molecule has 0 spiro atoms. The van der Waals surface area contributed by atoms with E-state index in [2.05, 4.69) is 24.1 Å². The minimum atomic E-state index is -0.845. The number of halogens is 2. The van der Waals surface area contributed by atoms with Gasteiger partial charge in [0.05, 0.1) is 10.7 Å². The van der Waals surface area contributed by atoms with Crippen LogP contribution in [0, 0.1) is 5.82 Å². The van der Waals surface area contributed by atoms with Crippen LogP contribution < -0.4 is 16.6 Å². The van der Waals surface area contributed by atoms with Crippen LogP contribution in [0.3, 0.4) is 0 Å². The summed E-state index contributed by atoms with van der Waals surface area (Å²) in [5.74, 6) is -1.02. The Kier molecular flexibility index (Phi) is 5.46. The van der Waals surface area contributed by atoms with Gasteiger partial charge in [0, 0.05) is 11.9 Å². The van der Waals surface area contributed by atoms with Crippen LogP contribution in [0.1, 0.15) is 35.7 Å². The topological polar surface area (TPSA) is 84.0 Å². The highest BCUT2D eigenvalue weighted by Gasteiger charge is 2.17. The maximum Gasteiger partial charge on any atom is 0.333 e. The first kappa shape index (κ1) is 19.6. The summed E-state index contributed by atoms with van der Waals surface area (Å²) in [5.41, 5.74) is -0.219. The molecule has 0 atom stereocenters. The van der Waals surface area contributed by atoms with Crippen LogP contribution in [0.4, 0.5) is 10.1 Å². The number of hydrogen-bond acceptors (Lipinski definition) is 3. The molecule has 3 aromatic rings. The molecule has 1 amide bonds. The van der Waals surface area contributed by atoms with Crippen molar-refractivity contribution in [3.05, 3.63) is 91.5 Å². The van der Waals surface area contributed by atoms with Crippen LogP contribution in [0.5, 0.6) is 0 Å². The van der Waals surface area contributed by atoms with Gasteiger partial charge in [0.15, 0.2) is 0 Å². The molecule has 28 heavy (non-hydrogen) atoms. The van der Waals surface area contributed by atoms with E-state index in [4.69, 9.17) is 11.6 Å². The van der Waals surface area contributed by atoms with E-state index in [0.717, 1.165) is 28.5 Å². The fraction of sp³-hybridized carbons (Fsp3) is 0.150. The maximum atomic E-state index is 13.4. The highest BCUT2D eigenvalue weighted by molar-refractivity contribution is 6.30. The standard InChI is InChI=1S/C20H17ClFN3O3/c1-11(2)12-3-5-13(6-4-12)24-18(26)15-10-23-20(28)25(19(15)27)14-7-8-17(22)16(21)9-14/h3-11H,1-2H3,(H,23,28)(H,24,26). The smallest absolute Gasteiger partial charge is 0.322 e. The van der Waals surface area contributed by atoms with Crippen molar-refractivity contribution in [1.82, 2.24) is 9.55 Å². The van der Waals surface area contributed by atoms with E-state index in [1.165, 1.54) is 6.07 Å². The van der Waals surface area contributed by atoms with Crippen molar-refractivity contribution < 1.29 is 9.18 Å². The number of nitrogens with zero attached hydrogens (tertiary/aromatic N) is 1. The molecular formula is C20H17ClFN3O3. The van der Waals surface area contributed by atoms with Gasteiger partial charge in [-0.15, -0.1) is 0 Å². The van der Waals surface area contributed by atoms with E-state index in [9.17, 15) is 18.8 Å². The van der Waals surface area contributed by atoms with Gasteiger partial charge in [-0.05, 0) is 41.8 Å². The van der Waals surface area contributed by atoms with Gasteiger partial charge >= 0.3 is 5.69 Å². The fourth-order valence-corrected chi connectivity index (χ4v) is 2.82. The van der Waals surface area contributed by atoms with E-state index >= 15 is 0 Å². The summed E-state index contributed by atoms with van der Waals surface area (Å²) < 4.78 is 14.1. The third-order valence-electron chi connectivity index (χ3n) is 4.22. The molecule has 2 aromatic carbocycles. The molecule has 0 radical (unpaired) electrons. The zero-order valence-corrected chi connectivity index (χ0v) is 15.9. The minimum absolute atomic E-state index is 0.0496. The van der Waals surface area contributed by atoms with Gasteiger partial charge in [0.25, 0.3) is 11.5 Å².